The largest absolute Gasteiger partial charge is 0.207 e. The highest BCUT2D eigenvalue weighted by atomic mass is 19.1. The van der Waals surface area contributed by atoms with Crippen LogP contribution in [0.2, 0.25) is 0 Å². The van der Waals surface area contributed by atoms with Gasteiger partial charge in [0.15, 0.2) is 0 Å². The predicted molar refractivity (Wildman–Crippen MR) is 69.9 cm³/mol. The topological polar surface area (TPSA) is 0 Å². The molecule has 1 aromatic carbocycles. The van der Waals surface area contributed by atoms with Crippen molar-refractivity contribution in [3.8, 4) is 0 Å². The number of rotatable bonds is 0. The lowest BCUT2D eigenvalue weighted by atomic mass is 10.2. The van der Waals surface area contributed by atoms with Gasteiger partial charge in [0.1, 0.15) is 5.82 Å². The molecule has 0 saturated heterocycles. The Bertz CT molecular complexity index is 166. The van der Waals surface area contributed by atoms with Gasteiger partial charge in [-0.3, -0.25) is 0 Å². The predicted octanol–water partition coefficient (Wildman–Crippen LogP) is 5.52. The van der Waals surface area contributed by atoms with Gasteiger partial charge in [-0.2, -0.15) is 0 Å². The van der Waals surface area contributed by atoms with E-state index in [4.69, 9.17) is 0 Å². The van der Waals surface area contributed by atoms with Crippen molar-refractivity contribution in [2.75, 3.05) is 0 Å². The first kappa shape index (κ1) is 19.7. The second kappa shape index (κ2) is 15.6. The van der Waals surface area contributed by atoms with Crippen LogP contribution in [0.15, 0.2) is 18.2 Å². The van der Waals surface area contributed by atoms with E-state index in [2.05, 4.69) is 0 Å². The Morgan fingerprint density at radius 3 is 1.13 bits per heavy atom. The molecular weight excluding hydrogens is 187 g/mol. The minimum Gasteiger partial charge on any atom is -0.207 e. The summed E-state index contributed by atoms with van der Waals surface area (Å²) in [5.74, 6) is -0.146. The molecule has 0 spiro atoms. The molecule has 0 atom stereocenters. The van der Waals surface area contributed by atoms with Crippen LogP contribution in [0.25, 0.3) is 0 Å². The zero-order valence-electron chi connectivity index (χ0n) is 11.6. The summed E-state index contributed by atoms with van der Waals surface area (Å²) < 4.78 is 12.4. The summed E-state index contributed by atoms with van der Waals surface area (Å²) in [5.41, 5.74) is 1.96. The smallest absolute Gasteiger partial charge is 0.123 e. The molecule has 90 valence electrons. The number of hydrogen-bond donors (Lipinski definition) is 0. The average molecular weight is 214 g/mol. The van der Waals surface area contributed by atoms with Gasteiger partial charge in [-0.15, -0.1) is 0 Å². The van der Waals surface area contributed by atoms with E-state index in [-0.39, 0.29) is 5.82 Å². The number of halogens is 1. The Morgan fingerprint density at radius 2 is 0.933 bits per heavy atom. The van der Waals surface area contributed by atoms with Gasteiger partial charge in [-0.25, -0.2) is 4.39 Å². The van der Waals surface area contributed by atoms with Crippen molar-refractivity contribution in [3.05, 3.63) is 35.1 Å². The second-order valence-corrected chi connectivity index (χ2v) is 2.31. The summed E-state index contributed by atoms with van der Waals surface area (Å²) in [6.45, 7) is 15.8. The molecule has 0 saturated carbocycles. The highest BCUT2D eigenvalue weighted by Crippen LogP contribution is 2.05. The van der Waals surface area contributed by atoms with Gasteiger partial charge in [0.2, 0.25) is 0 Å². The first-order valence-corrected chi connectivity index (χ1v) is 5.92. The standard InChI is InChI=1S/C8H9F.3C2H6/c1-6-3-7(2)5-8(9)4-6;3*1-2/h3-5H,1-2H3;3*1-2H3. The lowest BCUT2D eigenvalue weighted by Gasteiger charge is -1.94. The van der Waals surface area contributed by atoms with Crippen LogP contribution in [0.1, 0.15) is 52.7 Å². The van der Waals surface area contributed by atoms with Gasteiger partial charge in [0, 0.05) is 0 Å². The van der Waals surface area contributed by atoms with Crippen molar-refractivity contribution in [3.63, 3.8) is 0 Å². The molecule has 0 aliphatic heterocycles. The molecule has 0 unspecified atom stereocenters. The van der Waals surface area contributed by atoms with Crippen LogP contribution in [0.4, 0.5) is 4.39 Å². The fourth-order valence-electron chi connectivity index (χ4n) is 0.919. The van der Waals surface area contributed by atoms with Gasteiger partial charge in [-0.1, -0.05) is 47.6 Å². The summed E-state index contributed by atoms with van der Waals surface area (Å²) in [6.07, 6.45) is 0. The molecule has 0 radical (unpaired) electrons. The van der Waals surface area contributed by atoms with E-state index in [1.54, 1.807) is 0 Å². The quantitative estimate of drug-likeness (QED) is 0.533. The molecule has 0 aliphatic rings. The van der Waals surface area contributed by atoms with Crippen molar-refractivity contribution in [1.82, 2.24) is 0 Å². The third-order valence-corrected chi connectivity index (χ3v) is 1.19. The van der Waals surface area contributed by atoms with Crippen LogP contribution in [0, 0.1) is 19.7 Å². The van der Waals surface area contributed by atoms with Crippen molar-refractivity contribution in [1.29, 1.82) is 0 Å². The Kier molecular flexibility index (Phi) is 20.5. The van der Waals surface area contributed by atoms with Crippen molar-refractivity contribution in [2.24, 2.45) is 0 Å². The van der Waals surface area contributed by atoms with Crippen LogP contribution in [0.5, 0.6) is 0 Å². The molecule has 1 heteroatoms. The molecular formula is C14H27F. The summed E-state index contributed by atoms with van der Waals surface area (Å²) in [7, 11) is 0. The second-order valence-electron chi connectivity index (χ2n) is 2.31. The Labute approximate surface area is 95.5 Å². The molecule has 0 nitrogen and oxygen atoms in total. The molecule has 0 heterocycles. The van der Waals surface area contributed by atoms with Crippen LogP contribution in [0.3, 0.4) is 0 Å². The maximum atomic E-state index is 12.4. The van der Waals surface area contributed by atoms with Crippen LogP contribution in [-0.2, 0) is 0 Å². The maximum absolute atomic E-state index is 12.4. The summed E-state index contributed by atoms with van der Waals surface area (Å²) in [4.78, 5) is 0. The SMILES string of the molecule is CC.CC.CC.Cc1cc(C)cc(F)c1. The number of hydrogen-bond acceptors (Lipinski definition) is 0. The average Bonchev–Trinajstić information content (AvgIpc) is 2.24. The lowest BCUT2D eigenvalue weighted by Crippen LogP contribution is -1.79. The summed E-state index contributed by atoms with van der Waals surface area (Å²) >= 11 is 0. The van der Waals surface area contributed by atoms with Crippen molar-refractivity contribution in [2.45, 2.75) is 55.4 Å². The van der Waals surface area contributed by atoms with Crippen LogP contribution < -0.4 is 0 Å². The van der Waals surface area contributed by atoms with E-state index in [0.717, 1.165) is 11.1 Å². The first-order chi connectivity index (χ1) is 7.18. The zero-order valence-corrected chi connectivity index (χ0v) is 11.6. The fraction of sp³-hybridized carbons (Fsp3) is 0.571. The summed E-state index contributed by atoms with van der Waals surface area (Å²) in [6, 6.07) is 4.99. The minimum atomic E-state index is -0.146. The molecule has 1 rings (SSSR count). The van der Waals surface area contributed by atoms with Gasteiger partial charge >= 0.3 is 0 Å². The van der Waals surface area contributed by atoms with Gasteiger partial charge in [0.05, 0.1) is 0 Å². The van der Waals surface area contributed by atoms with E-state index in [9.17, 15) is 4.39 Å². The molecule has 0 fully saturated rings. The zero-order chi connectivity index (χ0) is 12.9. The van der Waals surface area contributed by atoms with E-state index in [1.165, 1.54) is 12.1 Å². The van der Waals surface area contributed by atoms with Gasteiger partial charge < -0.3 is 0 Å². The van der Waals surface area contributed by atoms with Crippen molar-refractivity contribution < 1.29 is 4.39 Å². The molecule has 0 amide bonds. The molecule has 0 aromatic heterocycles. The molecule has 15 heavy (non-hydrogen) atoms. The molecule has 1 aromatic rings. The van der Waals surface area contributed by atoms with E-state index in [0.29, 0.717) is 0 Å². The molecule has 0 N–H and O–H groups in total. The van der Waals surface area contributed by atoms with Crippen molar-refractivity contribution >= 4 is 0 Å². The number of aryl methyl sites for hydroxylation is 2. The Balaban J connectivity index is -0.000000208. The fourth-order valence-corrected chi connectivity index (χ4v) is 0.919. The normalized spacial score (nSPS) is 7.00. The summed E-state index contributed by atoms with van der Waals surface area (Å²) in [5, 5.41) is 0. The minimum absolute atomic E-state index is 0.146. The van der Waals surface area contributed by atoms with Gasteiger partial charge in [0.25, 0.3) is 0 Å². The van der Waals surface area contributed by atoms with Crippen LogP contribution in [-0.4, -0.2) is 0 Å². The highest BCUT2D eigenvalue weighted by molar-refractivity contribution is 5.21. The Morgan fingerprint density at radius 1 is 0.667 bits per heavy atom. The van der Waals surface area contributed by atoms with E-state index in [1.807, 2.05) is 61.5 Å². The van der Waals surface area contributed by atoms with E-state index >= 15 is 0 Å². The molecule has 0 aliphatic carbocycles. The Hall–Kier alpha value is -0.850. The van der Waals surface area contributed by atoms with E-state index < -0.39 is 0 Å². The third kappa shape index (κ3) is 13.2. The monoisotopic (exact) mass is 214 g/mol. The maximum Gasteiger partial charge on any atom is 0.123 e. The van der Waals surface area contributed by atoms with Crippen LogP contribution >= 0.6 is 0 Å². The molecule has 0 bridgehead atoms. The number of benzene rings is 1. The highest BCUT2D eigenvalue weighted by Gasteiger charge is 1.90. The third-order valence-electron chi connectivity index (χ3n) is 1.19. The lowest BCUT2D eigenvalue weighted by molar-refractivity contribution is 0.625. The first-order valence-electron chi connectivity index (χ1n) is 5.92. The van der Waals surface area contributed by atoms with Gasteiger partial charge in [-0.05, 0) is 37.1 Å².